The molecule has 0 unspecified atom stereocenters. The number of ether oxygens (including phenoxy) is 1. The summed E-state index contributed by atoms with van der Waals surface area (Å²) in [7, 11) is 0. The highest BCUT2D eigenvalue weighted by Gasteiger charge is 2.41. The van der Waals surface area contributed by atoms with Gasteiger partial charge < -0.3 is 15.4 Å². The number of nitrogens with one attached hydrogen (secondary N) is 2. The van der Waals surface area contributed by atoms with Crippen molar-refractivity contribution < 1.29 is 4.74 Å². The van der Waals surface area contributed by atoms with Crippen LogP contribution in [0.5, 0.6) is 0 Å². The molecule has 5 heteroatoms. The van der Waals surface area contributed by atoms with E-state index in [1.807, 2.05) is 6.92 Å². The Morgan fingerprint density at radius 1 is 1.25 bits per heavy atom. The minimum absolute atomic E-state index is 0. The van der Waals surface area contributed by atoms with Crippen molar-refractivity contribution in [1.82, 2.24) is 10.6 Å². The minimum atomic E-state index is 0. The third-order valence-corrected chi connectivity index (χ3v) is 3.35. The van der Waals surface area contributed by atoms with E-state index in [-0.39, 0.29) is 29.5 Å². The first-order valence-electron chi connectivity index (χ1n) is 7.55. The number of halogens is 1. The van der Waals surface area contributed by atoms with Gasteiger partial charge in [0.25, 0.3) is 0 Å². The highest BCUT2D eigenvalue weighted by molar-refractivity contribution is 14.0. The van der Waals surface area contributed by atoms with E-state index >= 15 is 0 Å². The molecule has 0 aliphatic heterocycles. The smallest absolute Gasteiger partial charge is 0.191 e. The number of guanidine groups is 1. The molecule has 120 valence electrons. The summed E-state index contributed by atoms with van der Waals surface area (Å²) < 4.78 is 5.46. The Kier molecular flexibility index (Phi) is 9.06. The van der Waals surface area contributed by atoms with Gasteiger partial charge in [0.05, 0.1) is 0 Å². The van der Waals surface area contributed by atoms with Gasteiger partial charge in [0.1, 0.15) is 0 Å². The first-order chi connectivity index (χ1) is 8.91. The lowest BCUT2D eigenvalue weighted by molar-refractivity contribution is 0.129. The lowest BCUT2D eigenvalue weighted by Gasteiger charge is -2.24. The maximum absolute atomic E-state index is 5.46. The molecule has 0 amide bonds. The average Bonchev–Trinajstić information content (AvgIpc) is 3.06. The molecule has 0 aromatic carbocycles. The van der Waals surface area contributed by atoms with E-state index in [0.29, 0.717) is 5.41 Å². The van der Waals surface area contributed by atoms with E-state index in [0.717, 1.165) is 38.7 Å². The lowest BCUT2D eigenvalue weighted by atomic mass is 10.0. The molecule has 0 spiro atoms. The molecule has 20 heavy (non-hydrogen) atoms. The van der Waals surface area contributed by atoms with Gasteiger partial charge in [-0.15, -0.1) is 24.0 Å². The van der Waals surface area contributed by atoms with Crippen molar-refractivity contribution in [3.05, 3.63) is 0 Å². The standard InChI is InChI=1S/C15H31N3O.HI/c1-6-16-13(18-14(3,4)5)17-12-15(8-9-15)10-11-19-7-2;/h6-12H2,1-5H3,(H2,16,17,18);1H. The molecule has 0 atom stereocenters. The van der Waals surface area contributed by atoms with Gasteiger partial charge in [-0.05, 0) is 59.3 Å². The van der Waals surface area contributed by atoms with E-state index < -0.39 is 0 Å². The molecule has 1 rings (SSSR count). The monoisotopic (exact) mass is 397 g/mol. The molecule has 1 aliphatic carbocycles. The first kappa shape index (κ1) is 20.0. The van der Waals surface area contributed by atoms with Crippen LogP contribution in [0.2, 0.25) is 0 Å². The van der Waals surface area contributed by atoms with Crippen LogP contribution in [0.1, 0.15) is 53.9 Å². The molecule has 0 bridgehead atoms. The van der Waals surface area contributed by atoms with E-state index in [9.17, 15) is 0 Å². The van der Waals surface area contributed by atoms with Crippen LogP contribution in [-0.2, 0) is 4.74 Å². The molecule has 4 nitrogen and oxygen atoms in total. The summed E-state index contributed by atoms with van der Waals surface area (Å²) in [5.74, 6) is 0.928. The molecule has 2 N–H and O–H groups in total. The Balaban J connectivity index is 0.00000361. The number of hydrogen-bond donors (Lipinski definition) is 2. The highest BCUT2D eigenvalue weighted by atomic mass is 127. The topological polar surface area (TPSA) is 45.7 Å². The van der Waals surface area contributed by atoms with Crippen LogP contribution >= 0.6 is 24.0 Å². The third-order valence-electron chi connectivity index (χ3n) is 3.35. The summed E-state index contributed by atoms with van der Waals surface area (Å²) in [6, 6.07) is 0. The fourth-order valence-electron chi connectivity index (χ4n) is 2.01. The van der Waals surface area contributed by atoms with Crippen LogP contribution < -0.4 is 10.6 Å². The molecule has 1 fully saturated rings. The second-order valence-electron chi connectivity index (χ2n) is 6.52. The molecular formula is C15H32IN3O. The lowest BCUT2D eigenvalue weighted by Crippen LogP contribution is -2.47. The van der Waals surface area contributed by atoms with Crippen LogP contribution in [0.4, 0.5) is 0 Å². The fraction of sp³-hybridized carbons (Fsp3) is 0.933. The van der Waals surface area contributed by atoms with Crippen LogP contribution in [0, 0.1) is 5.41 Å². The zero-order valence-corrected chi connectivity index (χ0v) is 16.0. The van der Waals surface area contributed by atoms with Gasteiger partial charge in [0.15, 0.2) is 5.96 Å². The number of aliphatic imine (C=N–C) groups is 1. The normalized spacial score (nSPS) is 17.4. The number of nitrogens with zero attached hydrogens (tertiary/aromatic N) is 1. The summed E-state index contributed by atoms with van der Waals surface area (Å²) in [4.78, 5) is 4.75. The van der Waals surface area contributed by atoms with E-state index in [4.69, 9.17) is 9.73 Å². The van der Waals surface area contributed by atoms with Gasteiger partial charge in [-0.1, -0.05) is 0 Å². The molecule has 0 radical (unpaired) electrons. The van der Waals surface area contributed by atoms with Crippen LogP contribution in [-0.4, -0.2) is 37.8 Å². The molecule has 1 aliphatic rings. The maximum atomic E-state index is 5.46. The van der Waals surface area contributed by atoms with Crippen LogP contribution in [0.3, 0.4) is 0 Å². The van der Waals surface area contributed by atoms with Crippen molar-refractivity contribution in [3.63, 3.8) is 0 Å². The van der Waals surface area contributed by atoms with Gasteiger partial charge in [-0.3, -0.25) is 4.99 Å². The fourth-order valence-corrected chi connectivity index (χ4v) is 2.01. The molecule has 0 aromatic rings. The van der Waals surface area contributed by atoms with Gasteiger partial charge in [-0.25, -0.2) is 0 Å². The van der Waals surface area contributed by atoms with Crippen molar-refractivity contribution in [2.24, 2.45) is 10.4 Å². The number of hydrogen-bond acceptors (Lipinski definition) is 2. The largest absolute Gasteiger partial charge is 0.382 e. The Morgan fingerprint density at radius 3 is 2.35 bits per heavy atom. The van der Waals surface area contributed by atoms with Crippen molar-refractivity contribution in [1.29, 1.82) is 0 Å². The van der Waals surface area contributed by atoms with E-state index in [1.54, 1.807) is 0 Å². The summed E-state index contributed by atoms with van der Waals surface area (Å²) >= 11 is 0. The van der Waals surface area contributed by atoms with Crippen molar-refractivity contribution in [2.45, 2.75) is 59.4 Å². The molecule has 0 heterocycles. The van der Waals surface area contributed by atoms with Crippen molar-refractivity contribution in [2.75, 3.05) is 26.3 Å². The summed E-state index contributed by atoms with van der Waals surface area (Å²) in [6.07, 6.45) is 3.72. The zero-order chi connectivity index (χ0) is 14.4. The Morgan fingerprint density at radius 2 is 1.90 bits per heavy atom. The van der Waals surface area contributed by atoms with Crippen LogP contribution in [0.15, 0.2) is 4.99 Å². The molecule has 1 saturated carbocycles. The minimum Gasteiger partial charge on any atom is -0.382 e. The van der Waals surface area contributed by atoms with Crippen molar-refractivity contribution in [3.8, 4) is 0 Å². The van der Waals surface area contributed by atoms with Gasteiger partial charge in [0.2, 0.25) is 0 Å². The van der Waals surface area contributed by atoms with Gasteiger partial charge >= 0.3 is 0 Å². The van der Waals surface area contributed by atoms with Gasteiger partial charge in [0, 0.05) is 31.8 Å². The second-order valence-corrected chi connectivity index (χ2v) is 6.52. The molecular weight excluding hydrogens is 365 g/mol. The zero-order valence-electron chi connectivity index (χ0n) is 13.7. The quantitative estimate of drug-likeness (QED) is 0.300. The van der Waals surface area contributed by atoms with Crippen molar-refractivity contribution >= 4 is 29.9 Å². The average molecular weight is 397 g/mol. The predicted octanol–water partition coefficient (Wildman–Crippen LogP) is 3.16. The maximum Gasteiger partial charge on any atom is 0.191 e. The third kappa shape index (κ3) is 8.29. The molecule has 0 saturated heterocycles. The van der Waals surface area contributed by atoms with Crippen LogP contribution in [0.25, 0.3) is 0 Å². The first-order valence-corrected chi connectivity index (χ1v) is 7.55. The SMILES string of the molecule is CCNC(=NCC1(CCOCC)CC1)NC(C)(C)C.I. The Bertz CT molecular complexity index is 296. The highest BCUT2D eigenvalue weighted by Crippen LogP contribution is 2.48. The van der Waals surface area contributed by atoms with Gasteiger partial charge in [-0.2, -0.15) is 0 Å². The van der Waals surface area contributed by atoms with E-state index in [2.05, 4.69) is 38.3 Å². The summed E-state index contributed by atoms with van der Waals surface area (Å²) in [5, 5.41) is 6.75. The molecule has 0 aromatic heterocycles. The summed E-state index contributed by atoms with van der Waals surface area (Å²) in [5.41, 5.74) is 0.457. The number of rotatable bonds is 7. The predicted molar refractivity (Wildman–Crippen MR) is 97.1 cm³/mol. The Hall–Kier alpha value is -0.0400. The second kappa shape index (κ2) is 9.07. The Labute approximate surface area is 141 Å². The summed E-state index contributed by atoms with van der Waals surface area (Å²) in [6.45, 7) is 14.1. The van der Waals surface area contributed by atoms with E-state index in [1.165, 1.54) is 12.8 Å².